The standard InChI is InChI=1S/C14H24N2O3S/c1-14(6-4-8-20-14)10-15-13(19)16-7-3-2-5-11(16)9-12(17)18/h11H,2-10H2,1H3,(H,15,19)(H,17,18). The van der Waals surface area contributed by atoms with Crippen molar-refractivity contribution in [2.45, 2.75) is 56.2 Å². The van der Waals surface area contributed by atoms with Gasteiger partial charge in [0, 0.05) is 23.9 Å². The summed E-state index contributed by atoms with van der Waals surface area (Å²) in [4.78, 5) is 24.9. The van der Waals surface area contributed by atoms with Gasteiger partial charge in [-0.2, -0.15) is 11.8 Å². The molecule has 0 aliphatic carbocycles. The van der Waals surface area contributed by atoms with Gasteiger partial charge in [-0.3, -0.25) is 4.79 Å². The minimum Gasteiger partial charge on any atom is -0.481 e. The molecule has 20 heavy (non-hydrogen) atoms. The van der Waals surface area contributed by atoms with Gasteiger partial charge in [0.25, 0.3) is 0 Å². The van der Waals surface area contributed by atoms with Crippen LogP contribution >= 0.6 is 11.8 Å². The Kier molecular flexibility index (Phi) is 5.18. The smallest absolute Gasteiger partial charge is 0.317 e. The fraction of sp³-hybridized carbons (Fsp3) is 0.857. The number of nitrogens with zero attached hydrogens (tertiary/aromatic N) is 1. The first-order valence-corrected chi connectivity index (χ1v) is 8.39. The van der Waals surface area contributed by atoms with Gasteiger partial charge < -0.3 is 15.3 Å². The molecule has 114 valence electrons. The highest BCUT2D eigenvalue weighted by atomic mass is 32.2. The van der Waals surface area contributed by atoms with E-state index in [0.717, 1.165) is 31.4 Å². The maximum atomic E-state index is 12.3. The Hall–Kier alpha value is -0.910. The topological polar surface area (TPSA) is 69.6 Å². The number of carbonyl (C=O) groups is 2. The second-order valence-electron chi connectivity index (χ2n) is 6.00. The highest BCUT2D eigenvalue weighted by Crippen LogP contribution is 2.37. The highest BCUT2D eigenvalue weighted by molar-refractivity contribution is 8.00. The molecule has 0 aromatic rings. The molecule has 6 heteroatoms. The van der Waals surface area contributed by atoms with Gasteiger partial charge in [0.2, 0.25) is 0 Å². The molecule has 2 atom stereocenters. The average molecular weight is 300 g/mol. The van der Waals surface area contributed by atoms with Gasteiger partial charge in [-0.05, 0) is 44.8 Å². The number of amides is 2. The number of hydrogen-bond acceptors (Lipinski definition) is 3. The molecule has 2 saturated heterocycles. The molecule has 2 N–H and O–H groups in total. The Labute approximate surface area is 124 Å². The van der Waals surface area contributed by atoms with E-state index in [-0.39, 0.29) is 23.2 Å². The van der Waals surface area contributed by atoms with Crippen molar-refractivity contribution in [1.82, 2.24) is 10.2 Å². The second-order valence-corrected chi connectivity index (χ2v) is 7.68. The van der Waals surface area contributed by atoms with E-state index in [1.807, 2.05) is 11.8 Å². The molecule has 2 aliphatic heterocycles. The zero-order valence-electron chi connectivity index (χ0n) is 12.1. The molecule has 0 aromatic heterocycles. The van der Waals surface area contributed by atoms with Gasteiger partial charge in [0.15, 0.2) is 0 Å². The second kappa shape index (κ2) is 6.70. The van der Waals surface area contributed by atoms with E-state index in [1.54, 1.807) is 4.90 Å². The lowest BCUT2D eigenvalue weighted by molar-refractivity contribution is -0.138. The number of hydrogen-bond donors (Lipinski definition) is 2. The minimum atomic E-state index is -0.826. The number of aliphatic carboxylic acids is 1. The SMILES string of the molecule is CC1(CNC(=O)N2CCCCC2CC(=O)O)CCCS1. The number of likely N-dealkylation sites (tertiary alicyclic amines) is 1. The zero-order chi connectivity index (χ0) is 14.6. The summed E-state index contributed by atoms with van der Waals surface area (Å²) in [6, 6.07) is -0.241. The van der Waals surface area contributed by atoms with Crippen LogP contribution < -0.4 is 5.32 Å². The molecule has 0 aromatic carbocycles. The lowest BCUT2D eigenvalue weighted by atomic mass is 10.00. The summed E-state index contributed by atoms with van der Waals surface area (Å²) < 4.78 is 0.147. The first-order chi connectivity index (χ1) is 9.50. The maximum Gasteiger partial charge on any atom is 0.317 e. The number of rotatable bonds is 4. The van der Waals surface area contributed by atoms with Crippen molar-refractivity contribution in [2.24, 2.45) is 0 Å². The molecule has 5 nitrogen and oxygen atoms in total. The first-order valence-electron chi connectivity index (χ1n) is 7.40. The third kappa shape index (κ3) is 4.04. The van der Waals surface area contributed by atoms with E-state index in [9.17, 15) is 9.59 Å². The number of carbonyl (C=O) groups excluding carboxylic acids is 1. The third-order valence-corrected chi connectivity index (χ3v) is 5.75. The lowest BCUT2D eigenvalue weighted by Crippen LogP contribution is -2.51. The van der Waals surface area contributed by atoms with Crippen LogP contribution in [0.1, 0.15) is 45.4 Å². The molecule has 2 unspecified atom stereocenters. The molecule has 2 amide bonds. The van der Waals surface area contributed by atoms with Crippen LogP contribution in [0.2, 0.25) is 0 Å². The summed E-state index contributed by atoms with van der Waals surface area (Å²) in [6.07, 6.45) is 5.18. The maximum absolute atomic E-state index is 12.3. The van der Waals surface area contributed by atoms with Crippen molar-refractivity contribution in [3.05, 3.63) is 0 Å². The highest BCUT2D eigenvalue weighted by Gasteiger charge is 2.32. The summed E-state index contributed by atoms with van der Waals surface area (Å²) in [5, 5.41) is 12.0. The van der Waals surface area contributed by atoms with E-state index in [2.05, 4.69) is 12.2 Å². The quantitative estimate of drug-likeness (QED) is 0.836. The first kappa shape index (κ1) is 15.5. The Morgan fingerprint density at radius 1 is 1.40 bits per heavy atom. The Morgan fingerprint density at radius 3 is 2.85 bits per heavy atom. The largest absolute Gasteiger partial charge is 0.481 e. The number of carboxylic acids is 1. The molecule has 0 bridgehead atoms. The van der Waals surface area contributed by atoms with Gasteiger partial charge in [-0.15, -0.1) is 0 Å². The van der Waals surface area contributed by atoms with Crippen molar-refractivity contribution in [3.63, 3.8) is 0 Å². The van der Waals surface area contributed by atoms with Crippen LogP contribution in [0.15, 0.2) is 0 Å². The van der Waals surface area contributed by atoms with E-state index >= 15 is 0 Å². The van der Waals surface area contributed by atoms with E-state index in [4.69, 9.17) is 5.11 Å². The lowest BCUT2D eigenvalue weighted by Gasteiger charge is -2.36. The van der Waals surface area contributed by atoms with Crippen LogP contribution in [0.3, 0.4) is 0 Å². The number of urea groups is 1. The molecule has 0 radical (unpaired) electrons. The summed E-state index contributed by atoms with van der Waals surface area (Å²) in [7, 11) is 0. The summed E-state index contributed by atoms with van der Waals surface area (Å²) in [5.41, 5.74) is 0. The Morgan fingerprint density at radius 2 is 2.20 bits per heavy atom. The monoisotopic (exact) mass is 300 g/mol. The number of nitrogens with one attached hydrogen (secondary N) is 1. The van der Waals surface area contributed by atoms with Crippen molar-refractivity contribution >= 4 is 23.8 Å². The van der Waals surface area contributed by atoms with Crippen LogP contribution in [-0.4, -0.2) is 51.6 Å². The van der Waals surface area contributed by atoms with E-state index in [0.29, 0.717) is 13.1 Å². The fourth-order valence-electron chi connectivity index (χ4n) is 3.02. The van der Waals surface area contributed by atoms with Crippen LogP contribution in [0.25, 0.3) is 0 Å². The predicted octanol–water partition coefficient (Wildman–Crippen LogP) is 2.31. The summed E-state index contributed by atoms with van der Waals surface area (Å²) >= 11 is 1.92. The molecule has 2 rings (SSSR count). The molecule has 2 heterocycles. The fourth-order valence-corrected chi connectivity index (χ4v) is 4.27. The molecule has 2 fully saturated rings. The molecule has 2 aliphatic rings. The van der Waals surface area contributed by atoms with Crippen LogP contribution in [0.5, 0.6) is 0 Å². The van der Waals surface area contributed by atoms with E-state index in [1.165, 1.54) is 6.42 Å². The van der Waals surface area contributed by atoms with Crippen LogP contribution in [0, 0.1) is 0 Å². The Balaban J connectivity index is 1.87. The van der Waals surface area contributed by atoms with Gasteiger partial charge in [-0.1, -0.05) is 0 Å². The minimum absolute atomic E-state index is 0.0550. The molecular weight excluding hydrogens is 276 g/mol. The molecular formula is C14H24N2O3S. The van der Waals surface area contributed by atoms with E-state index < -0.39 is 5.97 Å². The van der Waals surface area contributed by atoms with Gasteiger partial charge in [-0.25, -0.2) is 4.79 Å². The normalized spacial score (nSPS) is 30.2. The van der Waals surface area contributed by atoms with Gasteiger partial charge in [0.05, 0.1) is 6.42 Å². The third-order valence-electron chi connectivity index (χ3n) is 4.21. The van der Waals surface area contributed by atoms with Gasteiger partial charge >= 0.3 is 12.0 Å². The van der Waals surface area contributed by atoms with Crippen molar-refractivity contribution in [1.29, 1.82) is 0 Å². The zero-order valence-corrected chi connectivity index (χ0v) is 12.9. The van der Waals surface area contributed by atoms with Crippen LogP contribution in [-0.2, 0) is 4.79 Å². The van der Waals surface area contributed by atoms with Crippen molar-refractivity contribution in [3.8, 4) is 0 Å². The average Bonchev–Trinajstić information content (AvgIpc) is 2.83. The molecule has 0 saturated carbocycles. The molecule has 0 spiro atoms. The number of piperidine rings is 1. The Bertz CT molecular complexity index is 369. The summed E-state index contributed by atoms with van der Waals surface area (Å²) in [6.45, 7) is 3.54. The number of thioether (sulfide) groups is 1. The van der Waals surface area contributed by atoms with Crippen molar-refractivity contribution in [2.75, 3.05) is 18.8 Å². The predicted molar refractivity (Wildman–Crippen MR) is 80.1 cm³/mol. The van der Waals surface area contributed by atoms with Crippen molar-refractivity contribution < 1.29 is 14.7 Å². The summed E-state index contributed by atoms with van der Waals surface area (Å²) in [5.74, 6) is 0.338. The number of carboxylic acid groups (broad SMARTS) is 1. The van der Waals surface area contributed by atoms with Gasteiger partial charge in [0.1, 0.15) is 0 Å². The van der Waals surface area contributed by atoms with Crippen LogP contribution in [0.4, 0.5) is 4.79 Å².